The molecule has 0 radical (unpaired) electrons. The molecule has 0 saturated carbocycles. The van der Waals surface area contributed by atoms with Gasteiger partial charge in [0.25, 0.3) is 0 Å². The van der Waals surface area contributed by atoms with E-state index in [1.807, 2.05) is 0 Å². The summed E-state index contributed by atoms with van der Waals surface area (Å²) >= 11 is 4.94. The van der Waals surface area contributed by atoms with E-state index in [1.165, 1.54) is 32.1 Å². The van der Waals surface area contributed by atoms with Crippen LogP contribution in [0.1, 0.15) is 45.4 Å². The Balaban J connectivity index is 0. The summed E-state index contributed by atoms with van der Waals surface area (Å²) in [6, 6.07) is 0. The van der Waals surface area contributed by atoms with Crippen LogP contribution in [0.4, 0.5) is 0 Å². The topological polar surface area (TPSA) is 81.3 Å². The first-order valence-electron chi connectivity index (χ1n) is 6.41. The summed E-state index contributed by atoms with van der Waals surface area (Å²) in [6.07, 6.45) is 7.27. The first-order chi connectivity index (χ1) is 8.45. The van der Waals surface area contributed by atoms with Crippen LogP contribution in [-0.4, -0.2) is 36.9 Å². The van der Waals surface area contributed by atoms with E-state index in [4.69, 9.17) is 12.2 Å². The van der Waals surface area contributed by atoms with Gasteiger partial charge in [0.15, 0.2) is 5.11 Å². The van der Waals surface area contributed by atoms with Crippen LogP contribution in [0, 0.1) is 0 Å². The van der Waals surface area contributed by atoms with Crippen molar-refractivity contribution in [2.24, 2.45) is 0 Å². The van der Waals surface area contributed by atoms with Crippen LogP contribution >= 0.6 is 12.2 Å². The zero-order valence-corrected chi connectivity index (χ0v) is 15.5. The normalized spacial score (nSPS) is 10.6. The molecule has 0 bridgehead atoms. The van der Waals surface area contributed by atoms with Gasteiger partial charge in [-0.3, -0.25) is 0 Å². The zero-order valence-electron chi connectivity index (χ0n) is 11.9. The Kier molecular flexibility index (Phi) is 15.6. The summed E-state index contributed by atoms with van der Waals surface area (Å²) in [7, 11) is -4.16. The average molecular weight is 318 g/mol. The van der Waals surface area contributed by atoms with E-state index in [0.29, 0.717) is 5.11 Å². The second-order valence-corrected chi connectivity index (χ2v) is 6.14. The van der Waals surface area contributed by atoms with E-state index in [1.54, 1.807) is 0 Å². The number of thiocarbonyl (C=S) groups is 1. The van der Waals surface area contributed by atoms with E-state index in [9.17, 15) is 13.0 Å². The molecule has 19 heavy (non-hydrogen) atoms. The molecule has 0 aromatic rings. The second-order valence-electron chi connectivity index (χ2n) is 4.21. The van der Waals surface area contributed by atoms with E-state index in [-0.39, 0.29) is 36.1 Å². The minimum atomic E-state index is -4.16. The molecule has 0 aromatic carbocycles. The molecule has 0 atom stereocenters. The largest absolute Gasteiger partial charge is 1.00 e. The number of hydrogen-bond acceptors (Lipinski definition) is 4. The molecule has 0 fully saturated rings. The zero-order chi connectivity index (χ0) is 13.9. The maximum Gasteiger partial charge on any atom is 1.00 e. The van der Waals surface area contributed by atoms with Crippen LogP contribution in [0.5, 0.6) is 0 Å². The van der Waals surface area contributed by atoms with Gasteiger partial charge in [-0.05, 0) is 18.6 Å². The van der Waals surface area contributed by atoms with Gasteiger partial charge in [0.05, 0.1) is 15.9 Å². The molecule has 0 aromatic heterocycles. The van der Waals surface area contributed by atoms with Crippen molar-refractivity contribution in [3.05, 3.63) is 0 Å². The molecule has 0 aliphatic carbocycles. The van der Waals surface area contributed by atoms with Gasteiger partial charge in [-0.2, -0.15) is 0 Å². The van der Waals surface area contributed by atoms with E-state index >= 15 is 0 Å². The van der Waals surface area contributed by atoms with E-state index < -0.39 is 15.9 Å². The van der Waals surface area contributed by atoms with Crippen LogP contribution in [0.3, 0.4) is 0 Å². The molecule has 0 saturated heterocycles. The van der Waals surface area contributed by atoms with Gasteiger partial charge in [0.1, 0.15) is 0 Å². The van der Waals surface area contributed by atoms with Crippen LogP contribution in [-0.2, 0) is 10.1 Å². The van der Waals surface area contributed by atoms with Gasteiger partial charge in [-0.25, -0.2) is 8.42 Å². The number of nitrogens with one attached hydrogen (secondary N) is 2. The first kappa shape index (κ1) is 21.9. The summed E-state index contributed by atoms with van der Waals surface area (Å²) in [4.78, 5) is 0. The Morgan fingerprint density at radius 2 is 1.58 bits per heavy atom. The monoisotopic (exact) mass is 318 g/mol. The summed E-state index contributed by atoms with van der Waals surface area (Å²) in [5, 5.41) is 6.08. The number of hydrogen-bond donors (Lipinski definition) is 2. The fraction of sp³-hybridized carbons (Fsp3) is 0.909. The van der Waals surface area contributed by atoms with E-state index in [2.05, 4.69) is 17.6 Å². The maximum absolute atomic E-state index is 10.3. The maximum atomic E-state index is 10.3. The predicted octanol–water partition coefficient (Wildman–Crippen LogP) is -1.64. The fourth-order valence-corrected chi connectivity index (χ4v) is 2.02. The standard InChI is InChI=1S/C11H24N2O3S2.Na/c1-2-3-4-5-6-7-8-12-11(17)13-9-10-18(14,15)16;/h2-10H2,1H3,(H2,12,13,17)(H,14,15,16);/q;+1/p-1. The summed E-state index contributed by atoms with van der Waals surface area (Å²) < 4.78 is 31.0. The van der Waals surface area contributed by atoms with Crippen molar-refractivity contribution in [2.45, 2.75) is 45.4 Å². The van der Waals surface area contributed by atoms with Gasteiger partial charge in [0, 0.05) is 13.1 Å². The third-order valence-corrected chi connectivity index (χ3v) is 3.45. The fourth-order valence-electron chi connectivity index (χ4n) is 1.46. The molecule has 0 heterocycles. The Labute approximate surface area is 144 Å². The smallest absolute Gasteiger partial charge is 0.748 e. The van der Waals surface area contributed by atoms with Gasteiger partial charge in [-0.15, -0.1) is 0 Å². The van der Waals surface area contributed by atoms with Gasteiger partial charge < -0.3 is 15.2 Å². The third kappa shape index (κ3) is 18.6. The second kappa shape index (κ2) is 13.6. The van der Waals surface area contributed by atoms with E-state index in [0.717, 1.165) is 13.0 Å². The number of rotatable bonds is 10. The molecule has 0 spiro atoms. The molecule has 5 nitrogen and oxygen atoms in total. The van der Waals surface area contributed by atoms with Gasteiger partial charge >= 0.3 is 29.6 Å². The molecule has 0 unspecified atom stereocenters. The quantitative estimate of drug-likeness (QED) is 0.218. The summed E-state index contributed by atoms with van der Waals surface area (Å²) in [5.74, 6) is -0.439. The molecule has 0 aliphatic heterocycles. The molecule has 8 heteroatoms. The molecular weight excluding hydrogens is 295 g/mol. The average Bonchev–Trinajstić information content (AvgIpc) is 2.26. The Morgan fingerprint density at radius 1 is 1.05 bits per heavy atom. The molecule has 0 rings (SSSR count). The Morgan fingerprint density at radius 3 is 2.16 bits per heavy atom. The molecular formula is C11H23N2NaO3S2. The van der Waals surface area contributed by atoms with Gasteiger partial charge in [0.2, 0.25) is 0 Å². The van der Waals surface area contributed by atoms with Crippen molar-refractivity contribution in [2.75, 3.05) is 18.8 Å². The SMILES string of the molecule is CCCCCCCCNC(=S)NCCS(=O)(=O)[O-].[Na+]. The summed E-state index contributed by atoms with van der Waals surface area (Å²) in [6.45, 7) is 3.03. The molecule has 0 amide bonds. The van der Waals surface area contributed by atoms with Crippen molar-refractivity contribution in [1.82, 2.24) is 10.6 Å². The van der Waals surface area contributed by atoms with Gasteiger partial charge in [-0.1, -0.05) is 39.0 Å². The van der Waals surface area contributed by atoms with Crippen LogP contribution in [0.25, 0.3) is 0 Å². The van der Waals surface area contributed by atoms with Crippen LogP contribution < -0.4 is 40.2 Å². The Hall–Kier alpha value is 0.600. The first-order valence-corrected chi connectivity index (χ1v) is 8.39. The number of unbranched alkanes of at least 4 members (excludes halogenated alkanes) is 5. The molecule has 2 N–H and O–H groups in total. The summed E-state index contributed by atoms with van der Waals surface area (Å²) in [5.41, 5.74) is 0. The van der Waals surface area contributed by atoms with Crippen LogP contribution in [0.2, 0.25) is 0 Å². The Bertz CT molecular complexity index is 324. The third-order valence-electron chi connectivity index (χ3n) is 2.45. The minimum absolute atomic E-state index is 0. The molecule has 0 aliphatic rings. The van der Waals surface area contributed by atoms with Crippen LogP contribution in [0.15, 0.2) is 0 Å². The van der Waals surface area contributed by atoms with Crippen molar-refractivity contribution < 1.29 is 42.5 Å². The van der Waals surface area contributed by atoms with Crippen molar-refractivity contribution in [1.29, 1.82) is 0 Å². The molecule has 108 valence electrons. The predicted molar refractivity (Wildman–Crippen MR) is 76.5 cm³/mol. The van der Waals surface area contributed by atoms with Crippen molar-refractivity contribution >= 4 is 27.4 Å². The van der Waals surface area contributed by atoms with Crippen molar-refractivity contribution in [3.8, 4) is 0 Å². The van der Waals surface area contributed by atoms with Crippen molar-refractivity contribution in [3.63, 3.8) is 0 Å². The minimum Gasteiger partial charge on any atom is -0.748 e.